The van der Waals surface area contributed by atoms with Gasteiger partial charge in [0, 0.05) is 12.2 Å². The number of ether oxygens (including phenoxy) is 1. The van der Waals surface area contributed by atoms with Gasteiger partial charge in [0.05, 0.1) is 25.8 Å². The summed E-state index contributed by atoms with van der Waals surface area (Å²) < 4.78 is 4.80. The highest BCUT2D eigenvalue weighted by molar-refractivity contribution is 6.08. The molecule has 2 aromatic carbocycles. The molecule has 0 atom stereocenters. The second kappa shape index (κ2) is 8.05. The second-order valence-corrected chi connectivity index (χ2v) is 6.37. The molecule has 6 heteroatoms. The van der Waals surface area contributed by atoms with Crippen LogP contribution in [-0.2, 0) is 14.3 Å². The van der Waals surface area contributed by atoms with Crippen molar-refractivity contribution in [1.82, 2.24) is 4.90 Å². The zero-order valence-electron chi connectivity index (χ0n) is 15.4. The lowest BCUT2D eigenvalue weighted by molar-refractivity contribution is -0.136. The van der Waals surface area contributed by atoms with Gasteiger partial charge in [0.25, 0.3) is 5.91 Å². The quantitative estimate of drug-likeness (QED) is 0.767. The lowest BCUT2D eigenvalue weighted by Crippen LogP contribution is -2.31. The summed E-state index contributed by atoms with van der Waals surface area (Å²) in [5.41, 5.74) is 4.38. The summed E-state index contributed by atoms with van der Waals surface area (Å²) in [6, 6.07) is 15.8. The van der Waals surface area contributed by atoms with E-state index in [0.717, 1.165) is 16.7 Å². The molecular weight excluding hydrogens is 344 g/mol. The van der Waals surface area contributed by atoms with Crippen molar-refractivity contribution >= 4 is 17.6 Å². The van der Waals surface area contributed by atoms with E-state index in [-0.39, 0.29) is 36.9 Å². The molecule has 140 valence electrons. The fraction of sp³-hybridized carbons (Fsp3) is 0.238. The van der Waals surface area contributed by atoms with Gasteiger partial charge in [-0.15, -0.1) is 0 Å². The molecule has 0 fully saturated rings. The normalized spacial score (nSPS) is 13.9. The van der Waals surface area contributed by atoms with E-state index in [4.69, 9.17) is 9.84 Å². The van der Waals surface area contributed by atoms with Crippen LogP contribution in [0.3, 0.4) is 0 Å². The fourth-order valence-electron chi connectivity index (χ4n) is 3.09. The van der Waals surface area contributed by atoms with E-state index in [1.54, 1.807) is 0 Å². The molecule has 3 rings (SSSR count). The molecule has 0 saturated heterocycles. The molecule has 0 radical (unpaired) electrons. The van der Waals surface area contributed by atoms with Gasteiger partial charge in [-0.25, -0.2) is 4.79 Å². The van der Waals surface area contributed by atoms with Gasteiger partial charge < -0.3 is 20.1 Å². The molecular formula is C21H22N2O4. The number of nitrogens with zero attached hydrogens (tertiary/aromatic N) is 1. The Morgan fingerprint density at radius 1 is 1.19 bits per heavy atom. The summed E-state index contributed by atoms with van der Waals surface area (Å²) >= 11 is 0. The molecule has 0 aliphatic carbocycles. The van der Waals surface area contributed by atoms with Gasteiger partial charge in [0.1, 0.15) is 5.70 Å². The Hall–Kier alpha value is -3.12. The Morgan fingerprint density at radius 3 is 2.56 bits per heavy atom. The van der Waals surface area contributed by atoms with E-state index < -0.39 is 5.97 Å². The summed E-state index contributed by atoms with van der Waals surface area (Å²) in [6.45, 7) is 2.14. The van der Waals surface area contributed by atoms with Crippen LogP contribution in [0.5, 0.6) is 0 Å². The highest BCUT2D eigenvalue weighted by Crippen LogP contribution is 2.27. The van der Waals surface area contributed by atoms with Gasteiger partial charge in [0.15, 0.2) is 0 Å². The van der Waals surface area contributed by atoms with Crippen LogP contribution in [-0.4, -0.2) is 48.7 Å². The fourth-order valence-corrected chi connectivity index (χ4v) is 3.09. The van der Waals surface area contributed by atoms with Crippen LogP contribution in [0.4, 0.5) is 5.69 Å². The van der Waals surface area contributed by atoms with E-state index in [0.29, 0.717) is 5.69 Å². The number of hydrogen-bond acceptors (Lipinski definition) is 5. The molecule has 2 aromatic rings. The lowest BCUT2D eigenvalue weighted by atomic mass is 10.0. The standard InChI is InChI=1S/C21H22N2O4/c1-14-5-3-6-15(11-14)16-7-4-8-17(12-16)22-19-18(21(26)27-2)13-23(9-10-24)20(19)25/h3-8,11-12,22,24H,9-10,13H2,1-2H3. The van der Waals surface area contributed by atoms with Crippen molar-refractivity contribution in [1.29, 1.82) is 0 Å². The third-order valence-electron chi connectivity index (χ3n) is 4.44. The van der Waals surface area contributed by atoms with Gasteiger partial charge in [0.2, 0.25) is 0 Å². The third kappa shape index (κ3) is 4.01. The SMILES string of the molecule is COC(=O)C1=C(Nc2cccc(-c3cccc(C)c3)c2)C(=O)N(CCO)C1. The molecule has 1 amide bonds. The first-order valence-electron chi connectivity index (χ1n) is 8.69. The minimum absolute atomic E-state index is 0.117. The van der Waals surface area contributed by atoms with Crippen molar-refractivity contribution in [3.05, 3.63) is 65.4 Å². The predicted octanol–water partition coefficient (Wildman–Crippen LogP) is 2.34. The first-order chi connectivity index (χ1) is 13.0. The second-order valence-electron chi connectivity index (χ2n) is 6.37. The number of esters is 1. The minimum atomic E-state index is -0.555. The van der Waals surface area contributed by atoms with Crippen LogP contribution >= 0.6 is 0 Å². The van der Waals surface area contributed by atoms with Gasteiger partial charge >= 0.3 is 5.97 Å². The van der Waals surface area contributed by atoms with Crippen LogP contribution in [0.15, 0.2) is 59.8 Å². The Labute approximate surface area is 158 Å². The molecule has 2 N–H and O–H groups in total. The number of carbonyl (C=O) groups is 2. The van der Waals surface area contributed by atoms with Crippen LogP contribution in [0.2, 0.25) is 0 Å². The van der Waals surface area contributed by atoms with Crippen molar-refractivity contribution in [3.63, 3.8) is 0 Å². The molecule has 0 bridgehead atoms. The maximum absolute atomic E-state index is 12.6. The monoisotopic (exact) mass is 366 g/mol. The van der Waals surface area contributed by atoms with Crippen LogP contribution in [0, 0.1) is 6.92 Å². The maximum atomic E-state index is 12.6. The number of nitrogens with one attached hydrogen (secondary N) is 1. The number of hydrogen-bond donors (Lipinski definition) is 2. The molecule has 0 spiro atoms. The van der Waals surface area contributed by atoms with E-state index in [1.807, 2.05) is 49.4 Å². The summed E-state index contributed by atoms with van der Waals surface area (Å²) in [5, 5.41) is 12.2. The zero-order chi connectivity index (χ0) is 19.4. The number of aryl methyl sites for hydroxylation is 1. The number of β-amino-alcohol motifs (C(OH)–C–C–N with tert-alkyl or cyclic N) is 1. The Kier molecular flexibility index (Phi) is 5.57. The van der Waals surface area contributed by atoms with Crippen LogP contribution < -0.4 is 5.32 Å². The molecule has 6 nitrogen and oxygen atoms in total. The van der Waals surface area contributed by atoms with Gasteiger partial charge in [-0.1, -0.05) is 42.0 Å². The molecule has 1 heterocycles. The summed E-state index contributed by atoms with van der Waals surface area (Å²) in [7, 11) is 1.28. The molecule has 0 saturated carbocycles. The number of anilines is 1. The number of rotatable bonds is 6. The van der Waals surface area contributed by atoms with Gasteiger partial charge in [-0.05, 0) is 30.2 Å². The lowest BCUT2D eigenvalue weighted by Gasteiger charge is -2.15. The Balaban J connectivity index is 1.91. The molecule has 1 aliphatic heterocycles. The van der Waals surface area contributed by atoms with Crippen molar-refractivity contribution in [2.24, 2.45) is 0 Å². The van der Waals surface area contributed by atoms with Gasteiger partial charge in [-0.3, -0.25) is 4.79 Å². The Morgan fingerprint density at radius 2 is 1.89 bits per heavy atom. The number of benzene rings is 2. The molecule has 0 aromatic heterocycles. The van der Waals surface area contributed by atoms with E-state index in [1.165, 1.54) is 12.0 Å². The topological polar surface area (TPSA) is 78.9 Å². The molecule has 0 unspecified atom stereocenters. The third-order valence-corrected chi connectivity index (χ3v) is 4.44. The van der Waals surface area contributed by atoms with Crippen molar-refractivity contribution in [3.8, 4) is 11.1 Å². The van der Waals surface area contributed by atoms with Crippen LogP contribution in [0.25, 0.3) is 11.1 Å². The van der Waals surface area contributed by atoms with E-state index >= 15 is 0 Å². The highest BCUT2D eigenvalue weighted by Gasteiger charge is 2.34. The summed E-state index contributed by atoms with van der Waals surface area (Å²) in [6.07, 6.45) is 0. The minimum Gasteiger partial charge on any atom is -0.466 e. The number of amides is 1. The van der Waals surface area contributed by atoms with Crippen molar-refractivity contribution < 1.29 is 19.4 Å². The average Bonchev–Trinajstić information content (AvgIpc) is 2.98. The molecule has 27 heavy (non-hydrogen) atoms. The first kappa shape index (κ1) is 18.7. The number of carbonyl (C=O) groups excluding carboxylic acids is 2. The number of methoxy groups -OCH3 is 1. The Bertz CT molecular complexity index is 905. The zero-order valence-corrected chi connectivity index (χ0v) is 15.4. The van der Waals surface area contributed by atoms with E-state index in [2.05, 4.69) is 11.4 Å². The number of aliphatic hydroxyl groups is 1. The average molecular weight is 366 g/mol. The van der Waals surface area contributed by atoms with Gasteiger partial charge in [-0.2, -0.15) is 0 Å². The largest absolute Gasteiger partial charge is 0.466 e. The molecule has 1 aliphatic rings. The van der Waals surface area contributed by atoms with E-state index in [9.17, 15) is 9.59 Å². The van der Waals surface area contributed by atoms with Crippen LogP contribution in [0.1, 0.15) is 5.56 Å². The highest BCUT2D eigenvalue weighted by atomic mass is 16.5. The van der Waals surface area contributed by atoms with Crippen molar-refractivity contribution in [2.75, 3.05) is 32.1 Å². The smallest absolute Gasteiger partial charge is 0.337 e. The summed E-state index contributed by atoms with van der Waals surface area (Å²) in [4.78, 5) is 26.1. The number of aliphatic hydroxyl groups excluding tert-OH is 1. The first-order valence-corrected chi connectivity index (χ1v) is 8.69. The maximum Gasteiger partial charge on any atom is 0.337 e. The van der Waals surface area contributed by atoms with Crippen molar-refractivity contribution in [2.45, 2.75) is 6.92 Å². The summed E-state index contributed by atoms with van der Waals surface area (Å²) in [5.74, 6) is -0.883. The predicted molar refractivity (Wildman–Crippen MR) is 103 cm³/mol.